The summed E-state index contributed by atoms with van der Waals surface area (Å²) in [5, 5.41) is 13.6. The van der Waals surface area contributed by atoms with Crippen molar-refractivity contribution in [1.82, 2.24) is 5.32 Å². The van der Waals surface area contributed by atoms with Crippen LogP contribution < -0.4 is 5.32 Å². The van der Waals surface area contributed by atoms with Gasteiger partial charge in [0.15, 0.2) is 0 Å². The summed E-state index contributed by atoms with van der Waals surface area (Å²) in [5.74, 6) is 0. The molecule has 0 spiro atoms. The van der Waals surface area contributed by atoms with Gasteiger partial charge in [-0.05, 0) is 43.0 Å². The van der Waals surface area contributed by atoms with Crippen molar-refractivity contribution in [2.45, 2.75) is 65.4 Å². The predicted octanol–water partition coefficient (Wildman–Crippen LogP) is 4.15. The van der Waals surface area contributed by atoms with E-state index in [4.69, 9.17) is 0 Å². The summed E-state index contributed by atoms with van der Waals surface area (Å²) in [6, 6.07) is 6.30. The molecule has 1 unspecified atom stereocenters. The Labute approximate surface area is 124 Å². The smallest absolute Gasteiger partial charge is 0.0914 e. The quantitative estimate of drug-likeness (QED) is 0.630. The van der Waals surface area contributed by atoms with E-state index in [1.807, 2.05) is 6.07 Å². The average molecular weight is 277 g/mol. The number of aliphatic hydroxyl groups is 1. The van der Waals surface area contributed by atoms with E-state index in [9.17, 15) is 5.11 Å². The third-order valence-electron chi connectivity index (χ3n) is 3.93. The monoisotopic (exact) mass is 277 g/mol. The number of aliphatic hydroxyl groups excluding tert-OH is 1. The molecule has 1 atom stereocenters. The molecule has 20 heavy (non-hydrogen) atoms. The van der Waals surface area contributed by atoms with E-state index in [0.717, 1.165) is 18.5 Å². The lowest BCUT2D eigenvalue weighted by molar-refractivity contribution is 0.174. The number of hydrogen-bond donors (Lipinski definition) is 2. The van der Waals surface area contributed by atoms with Crippen molar-refractivity contribution in [2.75, 3.05) is 13.1 Å². The van der Waals surface area contributed by atoms with E-state index in [1.54, 1.807) is 0 Å². The summed E-state index contributed by atoms with van der Waals surface area (Å²) in [4.78, 5) is 0. The minimum atomic E-state index is -0.392. The van der Waals surface area contributed by atoms with Crippen LogP contribution in [0.1, 0.15) is 68.7 Å². The van der Waals surface area contributed by atoms with Crippen molar-refractivity contribution in [3.8, 4) is 0 Å². The first-order chi connectivity index (χ1) is 9.69. The Hall–Kier alpha value is -0.860. The number of unbranched alkanes of at least 4 members (excludes halogenated alkanes) is 4. The zero-order chi connectivity index (χ0) is 14.8. The van der Waals surface area contributed by atoms with Crippen LogP contribution >= 0.6 is 0 Å². The maximum atomic E-state index is 10.2. The fourth-order valence-corrected chi connectivity index (χ4v) is 2.49. The number of rotatable bonds is 10. The number of nitrogens with one attached hydrogen (secondary N) is 1. The molecule has 0 bridgehead atoms. The van der Waals surface area contributed by atoms with Gasteiger partial charge in [-0.25, -0.2) is 0 Å². The Balaban J connectivity index is 2.27. The summed E-state index contributed by atoms with van der Waals surface area (Å²) in [5.41, 5.74) is 3.68. The van der Waals surface area contributed by atoms with E-state index in [-0.39, 0.29) is 0 Å². The lowest BCUT2D eigenvalue weighted by Gasteiger charge is -2.14. The molecule has 0 aliphatic heterocycles. The Morgan fingerprint density at radius 3 is 2.55 bits per heavy atom. The number of aryl methyl sites for hydroxylation is 2. The normalized spacial score (nSPS) is 12.6. The first kappa shape index (κ1) is 17.2. The molecule has 0 amide bonds. The van der Waals surface area contributed by atoms with Gasteiger partial charge >= 0.3 is 0 Å². The van der Waals surface area contributed by atoms with Crippen molar-refractivity contribution in [3.63, 3.8) is 0 Å². The molecule has 114 valence electrons. The third kappa shape index (κ3) is 6.06. The summed E-state index contributed by atoms with van der Waals surface area (Å²) in [6.07, 6.45) is 7.10. The van der Waals surface area contributed by atoms with Crippen LogP contribution in [0.25, 0.3) is 0 Å². The molecule has 2 heteroatoms. The van der Waals surface area contributed by atoms with Gasteiger partial charge in [-0.15, -0.1) is 0 Å². The molecular weight excluding hydrogens is 246 g/mol. The van der Waals surface area contributed by atoms with Gasteiger partial charge in [0.1, 0.15) is 0 Å². The van der Waals surface area contributed by atoms with Crippen LogP contribution in [0.3, 0.4) is 0 Å². The maximum absolute atomic E-state index is 10.2. The molecule has 0 radical (unpaired) electrons. The SMILES string of the molecule is CCCCCCCNCC(O)c1ccc(C)c(CC)c1. The van der Waals surface area contributed by atoms with Gasteiger partial charge in [-0.2, -0.15) is 0 Å². The van der Waals surface area contributed by atoms with Crippen molar-refractivity contribution >= 4 is 0 Å². The lowest BCUT2D eigenvalue weighted by atomic mass is 10.00. The van der Waals surface area contributed by atoms with E-state index >= 15 is 0 Å². The lowest BCUT2D eigenvalue weighted by Crippen LogP contribution is -2.22. The van der Waals surface area contributed by atoms with Crippen LogP contribution in [0.4, 0.5) is 0 Å². The van der Waals surface area contributed by atoms with Crippen LogP contribution in [0.15, 0.2) is 18.2 Å². The molecule has 0 heterocycles. The van der Waals surface area contributed by atoms with Crippen molar-refractivity contribution in [2.24, 2.45) is 0 Å². The van der Waals surface area contributed by atoms with Crippen LogP contribution in [-0.4, -0.2) is 18.2 Å². The third-order valence-corrected chi connectivity index (χ3v) is 3.93. The van der Waals surface area contributed by atoms with E-state index in [1.165, 1.54) is 43.2 Å². The second-order valence-corrected chi connectivity index (χ2v) is 5.67. The number of benzene rings is 1. The van der Waals surface area contributed by atoms with E-state index in [0.29, 0.717) is 6.54 Å². The minimum Gasteiger partial charge on any atom is -0.387 e. The Kier molecular flexibility index (Phi) is 8.56. The number of hydrogen-bond acceptors (Lipinski definition) is 2. The standard InChI is InChI=1S/C18H31NO/c1-4-6-7-8-9-12-19-14-18(20)17-11-10-15(3)16(5-2)13-17/h10-11,13,18-20H,4-9,12,14H2,1-3H3. The summed E-state index contributed by atoms with van der Waals surface area (Å²) >= 11 is 0. The second-order valence-electron chi connectivity index (χ2n) is 5.67. The molecule has 0 saturated heterocycles. The molecule has 0 aromatic heterocycles. The summed E-state index contributed by atoms with van der Waals surface area (Å²) in [7, 11) is 0. The fourth-order valence-electron chi connectivity index (χ4n) is 2.49. The highest BCUT2D eigenvalue weighted by Crippen LogP contribution is 2.17. The molecule has 2 nitrogen and oxygen atoms in total. The largest absolute Gasteiger partial charge is 0.387 e. The molecule has 1 aromatic rings. The first-order valence-electron chi connectivity index (χ1n) is 8.17. The zero-order valence-electron chi connectivity index (χ0n) is 13.4. The van der Waals surface area contributed by atoms with Gasteiger partial charge in [0, 0.05) is 6.54 Å². The molecule has 0 aliphatic rings. The predicted molar refractivity (Wildman–Crippen MR) is 87.1 cm³/mol. The highest BCUT2D eigenvalue weighted by molar-refractivity contribution is 5.32. The van der Waals surface area contributed by atoms with Gasteiger partial charge in [0.25, 0.3) is 0 Å². The summed E-state index contributed by atoms with van der Waals surface area (Å²) < 4.78 is 0. The van der Waals surface area contributed by atoms with Gasteiger partial charge in [-0.3, -0.25) is 0 Å². The highest BCUT2D eigenvalue weighted by atomic mass is 16.3. The topological polar surface area (TPSA) is 32.3 Å². The Bertz CT molecular complexity index is 376. The van der Waals surface area contributed by atoms with Crippen LogP contribution in [-0.2, 0) is 6.42 Å². The molecular formula is C18H31NO. The molecule has 1 rings (SSSR count). The van der Waals surface area contributed by atoms with Crippen molar-refractivity contribution in [1.29, 1.82) is 0 Å². The van der Waals surface area contributed by atoms with Crippen LogP contribution in [0.2, 0.25) is 0 Å². The molecule has 0 saturated carbocycles. The van der Waals surface area contributed by atoms with Gasteiger partial charge in [-0.1, -0.05) is 57.7 Å². The molecule has 2 N–H and O–H groups in total. The Morgan fingerprint density at radius 2 is 1.85 bits per heavy atom. The molecule has 0 aliphatic carbocycles. The van der Waals surface area contributed by atoms with E-state index < -0.39 is 6.10 Å². The molecule has 1 aromatic carbocycles. The van der Waals surface area contributed by atoms with Crippen molar-refractivity contribution in [3.05, 3.63) is 34.9 Å². The first-order valence-corrected chi connectivity index (χ1v) is 8.17. The van der Waals surface area contributed by atoms with Crippen LogP contribution in [0.5, 0.6) is 0 Å². The fraction of sp³-hybridized carbons (Fsp3) is 0.667. The van der Waals surface area contributed by atoms with E-state index in [2.05, 4.69) is 38.2 Å². The maximum Gasteiger partial charge on any atom is 0.0914 e. The summed E-state index contributed by atoms with van der Waals surface area (Å²) in [6.45, 7) is 8.19. The molecule has 0 fully saturated rings. The zero-order valence-corrected chi connectivity index (χ0v) is 13.4. The van der Waals surface area contributed by atoms with Gasteiger partial charge in [0.05, 0.1) is 6.10 Å². The average Bonchev–Trinajstić information content (AvgIpc) is 2.46. The highest BCUT2D eigenvalue weighted by Gasteiger charge is 2.08. The Morgan fingerprint density at radius 1 is 1.10 bits per heavy atom. The van der Waals surface area contributed by atoms with Crippen LogP contribution in [0, 0.1) is 6.92 Å². The van der Waals surface area contributed by atoms with Gasteiger partial charge in [0.2, 0.25) is 0 Å². The van der Waals surface area contributed by atoms with Crippen molar-refractivity contribution < 1.29 is 5.11 Å². The minimum absolute atomic E-state index is 0.392. The van der Waals surface area contributed by atoms with Gasteiger partial charge < -0.3 is 10.4 Å². The second kappa shape index (κ2) is 9.95.